The lowest BCUT2D eigenvalue weighted by Gasteiger charge is -2.41. The van der Waals surface area contributed by atoms with Gasteiger partial charge in [0, 0.05) is 31.6 Å². The van der Waals surface area contributed by atoms with Gasteiger partial charge in [-0.1, -0.05) is 23.9 Å². The summed E-state index contributed by atoms with van der Waals surface area (Å²) < 4.78 is 5.23. The first-order valence-corrected chi connectivity index (χ1v) is 11.7. The summed E-state index contributed by atoms with van der Waals surface area (Å²) in [7, 11) is 5.58. The van der Waals surface area contributed by atoms with Gasteiger partial charge >= 0.3 is 0 Å². The molecule has 1 saturated heterocycles. The Bertz CT molecular complexity index is 1010. The minimum atomic E-state index is -1.02. The van der Waals surface area contributed by atoms with Crippen LogP contribution in [0.15, 0.2) is 53.5 Å². The molecule has 2 aromatic rings. The van der Waals surface area contributed by atoms with Gasteiger partial charge in [-0.2, -0.15) is 0 Å². The summed E-state index contributed by atoms with van der Waals surface area (Å²) in [4.78, 5) is 21.0. The number of thioether (sulfide) groups is 1. The standard InChI is InChI=1S/C24H30N4O4S/c1-27(2)16-8-4-14(5-9-16)13-28-20-21(30)19(29)12-18(23(25)31)22(20)33-24(28)26-15-6-10-17(32-3)11-7-15/h4-11,18-22,29-30H,12-13H2,1-3H3,(H2,25,31). The van der Waals surface area contributed by atoms with Crippen LogP contribution in [0.5, 0.6) is 5.75 Å². The fraction of sp³-hybridized carbons (Fsp3) is 0.417. The highest BCUT2D eigenvalue weighted by Gasteiger charge is 2.54. The molecule has 5 unspecified atom stereocenters. The van der Waals surface area contributed by atoms with Crippen LogP contribution < -0.4 is 15.4 Å². The molecule has 176 valence electrons. The Kier molecular flexibility index (Phi) is 6.83. The molecule has 2 aliphatic rings. The van der Waals surface area contributed by atoms with Crippen molar-refractivity contribution in [2.45, 2.75) is 36.5 Å². The first-order chi connectivity index (χ1) is 15.8. The largest absolute Gasteiger partial charge is 0.497 e. The first-order valence-electron chi connectivity index (χ1n) is 10.9. The number of ether oxygens (including phenoxy) is 1. The molecule has 1 aliphatic heterocycles. The third kappa shape index (κ3) is 4.80. The van der Waals surface area contributed by atoms with Crippen molar-refractivity contribution < 1.29 is 19.7 Å². The molecule has 1 aliphatic carbocycles. The number of rotatable bonds is 6. The van der Waals surface area contributed by atoms with Crippen LogP contribution >= 0.6 is 11.8 Å². The molecule has 1 saturated carbocycles. The number of methoxy groups -OCH3 is 1. The van der Waals surface area contributed by atoms with Crippen LogP contribution in [-0.2, 0) is 11.3 Å². The minimum absolute atomic E-state index is 0.145. The summed E-state index contributed by atoms with van der Waals surface area (Å²) in [6, 6.07) is 15.0. The Morgan fingerprint density at radius 2 is 1.85 bits per heavy atom. The Labute approximate surface area is 198 Å². The number of carbonyl (C=O) groups is 1. The summed E-state index contributed by atoms with van der Waals surface area (Å²) in [6.07, 6.45) is -1.89. The third-order valence-corrected chi connectivity index (χ3v) is 7.70. The number of nitrogens with zero attached hydrogens (tertiary/aromatic N) is 3. The average Bonchev–Trinajstić information content (AvgIpc) is 3.14. The average molecular weight is 471 g/mol. The summed E-state index contributed by atoms with van der Waals surface area (Å²) in [5.74, 6) is -0.290. The fourth-order valence-electron chi connectivity index (χ4n) is 4.43. The van der Waals surface area contributed by atoms with Gasteiger partial charge in [-0.3, -0.25) is 4.79 Å². The molecular formula is C24H30N4O4S. The second kappa shape index (κ2) is 9.62. The van der Waals surface area contributed by atoms with E-state index >= 15 is 0 Å². The smallest absolute Gasteiger partial charge is 0.221 e. The molecule has 0 radical (unpaired) electrons. The third-order valence-electron chi connectivity index (χ3n) is 6.29. The zero-order valence-electron chi connectivity index (χ0n) is 19.0. The number of aliphatic hydroxyl groups excluding tert-OH is 2. The lowest BCUT2D eigenvalue weighted by Crippen LogP contribution is -2.58. The highest BCUT2D eigenvalue weighted by Crippen LogP contribution is 2.45. The fourth-order valence-corrected chi connectivity index (χ4v) is 6.01. The molecule has 4 rings (SSSR count). The van der Waals surface area contributed by atoms with Gasteiger partial charge in [-0.05, 0) is 48.4 Å². The highest BCUT2D eigenvalue weighted by atomic mass is 32.2. The maximum atomic E-state index is 12.2. The van der Waals surface area contributed by atoms with Crippen molar-refractivity contribution in [2.75, 3.05) is 26.1 Å². The van der Waals surface area contributed by atoms with E-state index in [2.05, 4.69) is 0 Å². The highest BCUT2D eigenvalue weighted by molar-refractivity contribution is 8.14. The van der Waals surface area contributed by atoms with E-state index in [0.717, 1.165) is 22.7 Å². The number of amides is 1. The van der Waals surface area contributed by atoms with Crippen molar-refractivity contribution >= 4 is 34.2 Å². The molecule has 2 aromatic carbocycles. The number of anilines is 1. The van der Waals surface area contributed by atoms with Gasteiger partial charge in [0.25, 0.3) is 0 Å². The maximum Gasteiger partial charge on any atom is 0.221 e. The number of hydrogen-bond acceptors (Lipinski definition) is 7. The zero-order chi connectivity index (χ0) is 23.7. The van der Waals surface area contributed by atoms with Crippen molar-refractivity contribution in [2.24, 2.45) is 16.6 Å². The van der Waals surface area contributed by atoms with Crippen LogP contribution in [0, 0.1) is 5.92 Å². The number of aliphatic hydroxyl groups is 2. The SMILES string of the molecule is COc1ccc(N=C2SC3C(C(N)=O)CC(O)C(O)C3N2Cc2ccc(N(C)C)cc2)cc1. The molecular weight excluding hydrogens is 440 g/mol. The molecule has 1 heterocycles. The number of hydrogen-bond donors (Lipinski definition) is 3. The predicted molar refractivity (Wildman–Crippen MR) is 131 cm³/mol. The molecule has 8 nitrogen and oxygen atoms in total. The second-order valence-electron chi connectivity index (χ2n) is 8.66. The molecule has 4 N–H and O–H groups in total. The predicted octanol–water partition coefficient (Wildman–Crippen LogP) is 1.96. The van der Waals surface area contributed by atoms with Crippen molar-refractivity contribution in [3.05, 3.63) is 54.1 Å². The zero-order valence-corrected chi connectivity index (χ0v) is 19.8. The van der Waals surface area contributed by atoms with E-state index in [1.165, 1.54) is 11.8 Å². The van der Waals surface area contributed by atoms with Crippen LogP contribution in [0.3, 0.4) is 0 Å². The van der Waals surface area contributed by atoms with Crippen LogP contribution in [0.4, 0.5) is 11.4 Å². The van der Waals surface area contributed by atoms with E-state index in [1.54, 1.807) is 7.11 Å². The number of carbonyl (C=O) groups excluding carboxylic acids is 1. The minimum Gasteiger partial charge on any atom is -0.497 e. The van der Waals surface area contributed by atoms with E-state index in [0.29, 0.717) is 11.7 Å². The normalized spacial score (nSPS) is 28.0. The van der Waals surface area contributed by atoms with E-state index in [9.17, 15) is 15.0 Å². The lowest BCUT2D eigenvalue weighted by molar-refractivity contribution is -0.128. The Morgan fingerprint density at radius 1 is 1.18 bits per heavy atom. The van der Waals surface area contributed by atoms with Gasteiger partial charge in [0.1, 0.15) is 11.9 Å². The summed E-state index contributed by atoms with van der Waals surface area (Å²) in [5.41, 5.74) is 8.53. The number of nitrogens with two attached hydrogens (primary N) is 1. The molecule has 2 fully saturated rings. The van der Waals surface area contributed by atoms with Gasteiger partial charge in [0.2, 0.25) is 5.91 Å². The number of aliphatic imine (C=N–C) groups is 1. The molecule has 0 bridgehead atoms. The number of benzene rings is 2. The Hall–Kier alpha value is -2.75. The molecule has 5 atom stereocenters. The van der Waals surface area contributed by atoms with E-state index in [-0.39, 0.29) is 11.7 Å². The Morgan fingerprint density at radius 3 is 2.42 bits per heavy atom. The number of amidine groups is 1. The quantitative estimate of drug-likeness (QED) is 0.592. The maximum absolute atomic E-state index is 12.2. The van der Waals surface area contributed by atoms with Crippen LogP contribution in [0.1, 0.15) is 12.0 Å². The monoisotopic (exact) mass is 470 g/mol. The van der Waals surface area contributed by atoms with E-state index in [4.69, 9.17) is 15.5 Å². The van der Waals surface area contributed by atoms with Crippen molar-refractivity contribution in [3.63, 3.8) is 0 Å². The topological polar surface area (TPSA) is 112 Å². The second-order valence-corrected chi connectivity index (χ2v) is 9.80. The molecule has 0 spiro atoms. The molecule has 1 amide bonds. The van der Waals surface area contributed by atoms with Gasteiger partial charge in [-0.15, -0.1) is 0 Å². The number of primary amides is 1. The summed E-state index contributed by atoms with van der Waals surface area (Å²) >= 11 is 1.44. The molecule has 9 heteroatoms. The van der Waals surface area contributed by atoms with Crippen LogP contribution in [-0.4, -0.2) is 70.9 Å². The van der Waals surface area contributed by atoms with Crippen LogP contribution in [0.25, 0.3) is 0 Å². The summed E-state index contributed by atoms with van der Waals surface area (Å²) in [6.45, 7) is 0.478. The first kappa shape index (κ1) is 23.4. The molecule has 33 heavy (non-hydrogen) atoms. The van der Waals surface area contributed by atoms with E-state index in [1.807, 2.05) is 72.4 Å². The van der Waals surface area contributed by atoms with Gasteiger partial charge in [0.05, 0.1) is 30.9 Å². The van der Waals surface area contributed by atoms with Gasteiger partial charge in [-0.25, -0.2) is 4.99 Å². The van der Waals surface area contributed by atoms with E-state index < -0.39 is 30.1 Å². The summed E-state index contributed by atoms with van der Waals surface area (Å²) in [5, 5.41) is 21.8. The molecule has 0 aromatic heterocycles. The lowest BCUT2D eigenvalue weighted by atomic mass is 9.80. The van der Waals surface area contributed by atoms with Crippen molar-refractivity contribution in [3.8, 4) is 5.75 Å². The van der Waals surface area contributed by atoms with Crippen molar-refractivity contribution in [1.29, 1.82) is 0 Å². The number of fused-ring (bicyclic) bond motifs is 1. The van der Waals surface area contributed by atoms with Crippen LogP contribution in [0.2, 0.25) is 0 Å². The Balaban J connectivity index is 1.71. The van der Waals surface area contributed by atoms with Crippen molar-refractivity contribution in [1.82, 2.24) is 4.90 Å². The van der Waals surface area contributed by atoms with Gasteiger partial charge in [0.15, 0.2) is 5.17 Å². The van der Waals surface area contributed by atoms with Gasteiger partial charge < -0.3 is 30.5 Å².